The van der Waals surface area contributed by atoms with Crippen LogP contribution < -0.4 is 5.73 Å². The predicted molar refractivity (Wildman–Crippen MR) is 83.3 cm³/mol. The van der Waals surface area contributed by atoms with Crippen molar-refractivity contribution in [3.8, 4) is 0 Å². The summed E-state index contributed by atoms with van der Waals surface area (Å²) < 4.78 is 1.08. The quantitative estimate of drug-likeness (QED) is 0.695. The van der Waals surface area contributed by atoms with Crippen molar-refractivity contribution in [3.63, 3.8) is 0 Å². The van der Waals surface area contributed by atoms with Crippen LogP contribution in [0.15, 0.2) is 64.1 Å². The Balaban J connectivity index is 2.10. The number of nitrogens with two attached hydrogens (primary N) is 1. The average molecular weight is 318 g/mol. The number of para-hydroxylation sites is 1. The molecule has 2 rings (SSSR count). The van der Waals surface area contributed by atoms with E-state index in [4.69, 9.17) is 5.73 Å². The Morgan fingerprint density at radius 1 is 1.11 bits per heavy atom. The minimum Gasteiger partial charge on any atom is -0.369 e. The molecule has 0 bridgehead atoms. The van der Waals surface area contributed by atoms with E-state index in [1.807, 2.05) is 60.5 Å². The van der Waals surface area contributed by atoms with Gasteiger partial charge in [-0.1, -0.05) is 52.3 Å². The van der Waals surface area contributed by atoms with E-state index >= 15 is 0 Å². The summed E-state index contributed by atoms with van der Waals surface area (Å²) in [5, 5.41) is 0. The lowest BCUT2D eigenvalue weighted by molar-refractivity contribution is 0.494. The number of benzene rings is 2. The highest BCUT2D eigenvalue weighted by atomic mass is 79.9. The maximum Gasteiger partial charge on any atom is 0.196 e. The molecular formula is C15H16BrN3. The van der Waals surface area contributed by atoms with Gasteiger partial charge in [0.25, 0.3) is 0 Å². The van der Waals surface area contributed by atoms with Gasteiger partial charge in [-0.2, -0.15) is 0 Å². The Bertz CT molecular complexity index is 567. The summed E-state index contributed by atoms with van der Waals surface area (Å²) in [4.78, 5) is 6.31. The molecule has 2 aromatic rings. The van der Waals surface area contributed by atoms with Crippen molar-refractivity contribution in [1.82, 2.24) is 4.90 Å². The molecular weight excluding hydrogens is 302 g/mol. The first-order chi connectivity index (χ1) is 9.16. The molecule has 0 fully saturated rings. The molecule has 0 radical (unpaired) electrons. The highest BCUT2D eigenvalue weighted by Crippen LogP contribution is 2.17. The third kappa shape index (κ3) is 3.83. The van der Waals surface area contributed by atoms with E-state index in [1.54, 1.807) is 0 Å². The first-order valence-electron chi connectivity index (χ1n) is 6.00. The van der Waals surface area contributed by atoms with Gasteiger partial charge in [-0.15, -0.1) is 0 Å². The minimum atomic E-state index is 0.502. The molecule has 0 spiro atoms. The summed E-state index contributed by atoms with van der Waals surface area (Å²) in [5.74, 6) is 0.502. The van der Waals surface area contributed by atoms with Crippen LogP contribution in [0.3, 0.4) is 0 Å². The third-order valence-corrected chi connectivity index (χ3v) is 3.53. The van der Waals surface area contributed by atoms with Gasteiger partial charge in [-0.3, -0.25) is 0 Å². The van der Waals surface area contributed by atoms with Crippen LogP contribution in [0.2, 0.25) is 0 Å². The van der Waals surface area contributed by atoms with Crippen molar-refractivity contribution < 1.29 is 0 Å². The zero-order valence-electron chi connectivity index (χ0n) is 10.8. The van der Waals surface area contributed by atoms with Gasteiger partial charge in [0.15, 0.2) is 5.96 Å². The van der Waals surface area contributed by atoms with E-state index in [0.717, 1.165) is 10.2 Å². The number of guanidine groups is 1. The van der Waals surface area contributed by atoms with Gasteiger partial charge in [0.1, 0.15) is 0 Å². The molecule has 0 amide bonds. The van der Waals surface area contributed by atoms with Crippen molar-refractivity contribution in [2.75, 3.05) is 7.05 Å². The molecule has 2 N–H and O–H groups in total. The topological polar surface area (TPSA) is 41.6 Å². The van der Waals surface area contributed by atoms with Crippen LogP contribution in [-0.2, 0) is 6.54 Å². The van der Waals surface area contributed by atoms with Gasteiger partial charge in [-0.25, -0.2) is 4.99 Å². The normalized spacial score (nSPS) is 11.4. The van der Waals surface area contributed by atoms with Gasteiger partial charge >= 0.3 is 0 Å². The standard InChI is InChI=1S/C15H16BrN3/c1-19(11-12-7-5-6-10-14(12)16)15(17)18-13-8-3-2-4-9-13/h2-10H,11H2,1H3,(H2,17,18). The molecule has 0 unspecified atom stereocenters. The molecule has 0 aromatic heterocycles. The Kier molecular flexibility index (Phi) is 4.58. The van der Waals surface area contributed by atoms with Crippen LogP contribution in [0.1, 0.15) is 5.56 Å². The molecule has 0 aliphatic heterocycles. The molecule has 0 atom stereocenters. The van der Waals surface area contributed by atoms with Crippen LogP contribution in [-0.4, -0.2) is 17.9 Å². The summed E-state index contributed by atoms with van der Waals surface area (Å²) in [6.07, 6.45) is 0. The Hall–Kier alpha value is -1.81. The molecule has 0 aliphatic rings. The maximum absolute atomic E-state index is 6.01. The largest absolute Gasteiger partial charge is 0.369 e. The lowest BCUT2D eigenvalue weighted by Gasteiger charge is -2.18. The van der Waals surface area contributed by atoms with Crippen molar-refractivity contribution in [1.29, 1.82) is 0 Å². The molecule has 0 saturated heterocycles. The van der Waals surface area contributed by atoms with Crippen LogP contribution in [0.5, 0.6) is 0 Å². The molecule has 2 aromatic carbocycles. The number of hydrogen-bond donors (Lipinski definition) is 1. The van der Waals surface area contributed by atoms with Gasteiger partial charge in [0.05, 0.1) is 5.69 Å². The number of halogens is 1. The predicted octanol–water partition coefficient (Wildman–Crippen LogP) is 3.53. The van der Waals surface area contributed by atoms with E-state index in [9.17, 15) is 0 Å². The highest BCUT2D eigenvalue weighted by molar-refractivity contribution is 9.10. The Morgan fingerprint density at radius 2 is 1.74 bits per heavy atom. The monoisotopic (exact) mass is 317 g/mol. The SMILES string of the molecule is CN(Cc1ccccc1Br)C(N)=Nc1ccccc1. The minimum absolute atomic E-state index is 0.502. The first kappa shape index (κ1) is 13.6. The summed E-state index contributed by atoms with van der Waals surface area (Å²) in [5.41, 5.74) is 8.04. The summed E-state index contributed by atoms with van der Waals surface area (Å²) >= 11 is 3.53. The lowest BCUT2D eigenvalue weighted by atomic mass is 10.2. The highest BCUT2D eigenvalue weighted by Gasteiger charge is 2.05. The van der Waals surface area contributed by atoms with E-state index in [1.165, 1.54) is 5.56 Å². The van der Waals surface area contributed by atoms with Gasteiger partial charge < -0.3 is 10.6 Å². The summed E-state index contributed by atoms with van der Waals surface area (Å²) in [7, 11) is 1.93. The lowest BCUT2D eigenvalue weighted by Crippen LogP contribution is -2.33. The molecule has 19 heavy (non-hydrogen) atoms. The number of hydrogen-bond acceptors (Lipinski definition) is 1. The average Bonchev–Trinajstić information content (AvgIpc) is 2.42. The van der Waals surface area contributed by atoms with Crippen LogP contribution in [0.25, 0.3) is 0 Å². The zero-order valence-corrected chi connectivity index (χ0v) is 12.3. The van der Waals surface area contributed by atoms with E-state index in [2.05, 4.69) is 27.0 Å². The van der Waals surface area contributed by atoms with Crippen molar-refractivity contribution in [3.05, 3.63) is 64.6 Å². The second kappa shape index (κ2) is 6.38. The fourth-order valence-electron chi connectivity index (χ4n) is 1.68. The second-order valence-electron chi connectivity index (χ2n) is 4.25. The molecule has 3 nitrogen and oxygen atoms in total. The zero-order chi connectivity index (χ0) is 13.7. The van der Waals surface area contributed by atoms with Gasteiger partial charge in [-0.05, 0) is 23.8 Å². The molecule has 4 heteroatoms. The third-order valence-electron chi connectivity index (χ3n) is 2.76. The summed E-state index contributed by atoms with van der Waals surface area (Å²) in [6, 6.07) is 17.8. The first-order valence-corrected chi connectivity index (χ1v) is 6.80. The van der Waals surface area contributed by atoms with Crippen molar-refractivity contribution in [2.45, 2.75) is 6.54 Å². The van der Waals surface area contributed by atoms with Crippen LogP contribution in [0.4, 0.5) is 5.69 Å². The molecule has 0 aliphatic carbocycles. The van der Waals surface area contributed by atoms with Crippen LogP contribution in [0, 0.1) is 0 Å². The molecule has 98 valence electrons. The number of rotatable bonds is 3. The molecule has 0 heterocycles. The van der Waals surface area contributed by atoms with E-state index in [-0.39, 0.29) is 0 Å². The van der Waals surface area contributed by atoms with E-state index in [0.29, 0.717) is 12.5 Å². The smallest absolute Gasteiger partial charge is 0.196 e. The van der Waals surface area contributed by atoms with Crippen LogP contribution >= 0.6 is 15.9 Å². The van der Waals surface area contributed by atoms with Gasteiger partial charge in [0, 0.05) is 18.1 Å². The second-order valence-corrected chi connectivity index (χ2v) is 5.11. The Morgan fingerprint density at radius 3 is 2.42 bits per heavy atom. The fraction of sp³-hybridized carbons (Fsp3) is 0.133. The fourth-order valence-corrected chi connectivity index (χ4v) is 2.09. The number of aliphatic imine (C=N–C) groups is 1. The summed E-state index contributed by atoms with van der Waals surface area (Å²) in [6.45, 7) is 0.712. The van der Waals surface area contributed by atoms with Crippen molar-refractivity contribution >= 4 is 27.6 Å². The number of nitrogens with zero attached hydrogens (tertiary/aromatic N) is 2. The van der Waals surface area contributed by atoms with E-state index < -0.39 is 0 Å². The van der Waals surface area contributed by atoms with Crippen molar-refractivity contribution in [2.24, 2.45) is 10.7 Å². The van der Waals surface area contributed by atoms with Gasteiger partial charge in [0.2, 0.25) is 0 Å². The maximum atomic E-state index is 6.01. The Labute approximate surface area is 121 Å². The molecule has 0 saturated carbocycles.